The predicted molar refractivity (Wildman–Crippen MR) is 110 cm³/mol. The first-order valence-electron chi connectivity index (χ1n) is 7.45. The van der Waals surface area contributed by atoms with E-state index in [2.05, 4.69) is 26.0 Å². The normalized spacial score (nSPS) is 12.9. The van der Waals surface area contributed by atoms with Gasteiger partial charge in [-0.2, -0.15) is 0 Å². The number of carbonyl (C=O) groups excluding carboxylic acids is 1. The summed E-state index contributed by atoms with van der Waals surface area (Å²) in [4.78, 5) is 11.0. The molecule has 9 heteroatoms. The third kappa shape index (κ3) is 2.75. The van der Waals surface area contributed by atoms with Gasteiger partial charge >= 0.3 is 6.03 Å². The van der Waals surface area contributed by atoms with E-state index >= 15 is 0 Å². The molecule has 0 bridgehead atoms. The monoisotopic (exact) mass is 450 g/mol. The average Bonchev–Trinajstić information content (AvgIpc) is 3.04. The van der Waals surface area contributed by atoms with Crippen LogP contribution in [0.4, 0.5) is 21.9 Å². The molecule has 0 saturated carbocycles. The average molecular weight is 452 g/mol. The summed E-state index contributed by atoms with van der Waals surface area (Å²) in [6, 6.07) is 12.1. The van der Waals surface area contributed by atoms with Crippen LogP contribution in [-0.4, -0.2) is 6.03 Å². The standard InChI is InChI=1S/C17H10BrClN3O3S/c18-10-5-1-2-6-12(10)22(24,25)17(23)20-15-11(19)8-9-4-3-7-13-14(9)16(15)21-26-13/h1-8,21H,(H,20,23)/q-1. The van der Waals surface area contributed by atoms with E-state index in [4.69, 9.17) is 11.6 Å². The first kappa shape index (κ1) is 17.6. The lowest BCUT2D eigenvalue weighted by Gasteiger charge is -2.42. The molecule has 26 heavy (non-hydrogen) atoms. The van der Waals surface area contributed by atoms with Crippen LogP contribution >= 0.6 is 39.5 Å². The number of halogens is 2. The quantitative estimate of drug-likeness (QED) is 0.274. The van der Waals surface area contributed by atoms with Crippen molar-refractivity contribution in [2.45, 2.75) is 4.90 Å². The molecule has 2 amide bonds. The first-order valence-corrected chi connectivity index (χ1v) is 9.44. The van der Waals surface area contributed by atoms with Gasteiger partial charge in [0, 0.05) is 16.3 Å². The van der Waals surface area contributed by atoms with Gasteiger partial charge < -0.3 is 15.1 Å². The maximum atomic E-state index is 12.5. The zero-order chi connectivity index (χ0) is 18.5. The molecule has 3 aromatic rings. The highest BCUT2D eigenvalue weighted by molar-refractivity contribution is 9.10. The number of rotatable bonds is 2. The second-order valence-electron chi connectivity index (χ2n) is 5.60. The lowest BCUT2D eigenvalue weighted by molar-refractivity contribution is 0.239. The van der Waals surface area contributed by atoms with E-state index in [9.17, 15) is 15.2 Å². The van der Waals surface area contributed by atoms with Crippen molar-refractivity contribution in [1.29, 1.82) is 0 Å². The van der Waals surface area contributed by atoms with Crippen molar-refractivity contribution in [2.24, 2.45) is 0 Å². The fourth-order valence-electron chi connectivity index (χ4n) is 2.78. The van der Waals surface area contributed by atoms with Gasteiger partial charge in [0.05, 0.1) is 20.9 Å². The SMILES string of the molecule is O=C(Nc1c(Cl)cc2cccc3c2c1NS3)[N+]([O-])([O-])c1ccccc1Br. The van der Waals surface area contributed by atoms with Gasteiger partial charge in [0.15, 0.2) is 5.69 Å². The number of urea groups is 1. The Morgan fingerprint density at radius 1 is 1.19 bits per heavy atom. The minimum atomic E-state index is -2.47. The highest BCUT2D eigenvalue weighted by Crippen LogP contribution is 2.48. The van der Waals surface area contributed by atoms with Gasteiger partial charge in [0.1, 0.15) is 0 Å². The molecule has 6 nitrogen and oxygen atoms in total. The zero-order valence-corrected chi connectivity index (χ0v) is 16.1. The second-order valence-corrected chi connectivity index (χ2v) is 7.71. The fourth-order valence-corrected chi connectivity index (χ4v) is 4.45. The van der Waals surface area contributed by atoms with Crippen LogP contribution in [0.1, 0.15) is 0 Å². The topological polar surface area (TPSA) is 87.2 Å². The Morgan fingerprint density at radius 3 is 2.73 bits per heavy atom. The van der Waals surface area contributed by atoms with Crippen molar-refractivity contribution in [1.82, 2.24) is 4.81 Å². The number of anilines is 2. The number of quaternary nitrogens is 1. The van der Waals surface area contributed by atoms with Crippen LogP contribution < -0.4 is 14.8 Å². The van der Waals surface area contributed by atoms with Gasteiger partial charge in [-0.3, -0.25) is 10.1 Å². The van der Waals surface area contributed by atoms with Crippen molar-refractivity contribution in [2.75, 3.05) is 10.0 Å². The van der Waals surface area contributed by atoms with Gasteiger partial charge in [0.25, 0.3) is 0 Å². The smallest absolute Gasteiger partial charge is 0.426 e. The van der Waals surface area contributed by atoms with Crippen LogP contribution in [0.3, 0.4) is 0 Å². The molecule has 2 N–H and O–H groups in total. The van der Waals surface area contributed by atoms with Crippen molar-refractivity contribution in [3.63, 3.8) is 0 Å². The molecule has 4 rings (SSSR count). The lowest BCUT2D eigenvalue weighted by atomic mass is 10.1. The van der Waals surface area contributed by atoms with Gasteiger partial charge in [-0.15, -0.1) is 0 Å². The molecule has 0 unspecified atom stereocenters. The Kier molecular flexibility index (Phi) is 4.34. The van der Waals surface area contributed by atoms with Gasteiger partial charge in [-0.05, 0) is 51.5 Å². The Bertz CT molecular complexity index is 1060. The summed E-state index contributed by atoms with van der Waals surface area (Å²) in [5, 5.41) is 29.4. The van der Waals surface area contributed by atoms with Crippen molar-refractivity contribution in [3.05, 3.63) is 68.4 Å². The molecule has 0 fully saturated rings. The summed E-state index contributed by atoms with van der Waals surface area (Å²) in [7, 11) is 0. The Labute approximate surface area is 166 Å². The van der Waals surface area contributed by atoms with E-state index in [1.54, 1.807) is 12.1 Å². The number of hydrogen-bond donors (Lipinski definition) is 2. The molecule has 0 atom stereocenters. The molecule has 1 aliphatic rings. The van der Waals surface area contributed by atoms with Gasteiger partial charge in [0.2, 0.25) is 0 Å². The molecule has 0 saturated heterocycles. The van der Waals surface area contributed by atoms with Crippen molar-refractivity contribution >= 4 is 73.3 Å². The number of nitrogens with zero attached hydrogens (tertiary/aromatic N) is 1. The number of hydrogen-bond acceptors (Lipinski definition) is 5. The summed E-state index contributed by atoms with van der Waals surface area (Å²) < 4.78 is 3.34. The minimum absolute atomic E-state index is 0.211. The summed E-state index contributed by atoms with van der Waals surface area (Å²) >= 11 is 10.8. The lowest BCUT2D eigenvalue weighted by Crippen LogP contribution is -2.46. The Hall–Kier alpha value is -1.81. The minimum Gasteiger partial charge on any atom is -0.617 e. The van der Waals surface area contributed by atoms with Crippen molar-refractivity contribution in [3.8, 4) is 0 Å². The predicted octanol–water partition coefficient (Wildman–Crippen LogP) is 6.22. The van der Waals surface area contributed by atoms with Crippen LogP contribution in [0.25, 0.3) is 10.8 Å². The maximum Gasteiger partial charge on any atom is 0.426 e. The van der Waals surface area contributed by atoms with Crippen molar-refractivity contribution < 1.29 is 4.79 Å². The van der Waals surface area contributed by atoms with Crippen LogP contribution in [0.5, 0.6) is 0 Å². The summed E-state index contributed by atoms with van der Waals surface area (Å²) in [6.45, 7) is 0. The second kappa shape index (κ2) is 6.41. The molecule has 1 aliphatic heterocycles. The summed E-state index contributed by atoms with van der Waals surface area (Å²) in [5.41, 5.74) is 0.540. The Morgan fingerprint density at radius 2 is 1.96 bits per heavy atom. The fraction of sp³-hybridized carbons (Fsp3) is 0. The number of nitrogens with one attached hydrogen (secondary N) is 2. The highest BCUT2D eigenvalue weighted by atomic mass is 79.9. The molecule has 3 aromatic carbocycles. The molecule has 1 heterocycles. The molecule has 132 valence electrons. The number of benzene rings is 3. The third-order valence-electron chi connectivity index (χ3n) is 4.01. The van der Waals surface area contributed by atoms with Crippen LogP contribution in [0, 0.1) is 10.4 Å². The summed E-state index contributed by atoms with van der Waals surface area (Å²) in [6.07, 6.45) is 0. The van der Waals surface area contributed by atoms with E-state index in [-0.39, 0.29) is 20.9 Å². The van der Waals surface area contributed by atoms with Gasteiger partial charge in [-0.25, -0.2) is 4.79 Å². The molecule has 0 aliphatic carbocycles. The molecule has 0 spiro atoms. The zero-order valence-electron chi connectivity index (χ0n) is 13.0. The Balaban J connectivity index is 1.76. The highest BCUT2D eigenvalue weighted by Gasteiger charge is 2.28. The van der Waals surface area contributed by atoms with E-state index in [1.165, 1.54) is 30.1 Å². The third-order valence-corrected chi connectivity index (χ3v) is 5.85. The van der Waals surface area contributed by atoms with Gasteiger partial charge in [-0.1, -0.05) is 35.9 Å². The van der Waals surface area contributed by atoms with E-state index < -0.39 is 10.8 Å². The van der Waals surface area contributed by atoms with Crippen LogP contribution in [0.2, 0.25) is 5.02 Å². The number of para-hydroxylation sites is 1. The van der Waals surface area contributed by atoms with E-state index in [0.717, 1.165) is 15.7 Å². The van der Waals surface area contributed by atoms with E-state index in [0.29, 0.717) is 5.69 Å². The first-order chi connectivity index (χ1) is 12.4. The molecular formula is C17H10BrClN3O3S-. The number of carbonyl (C=O) groups is 1. The van der Waals surface area contributed by atoms with E-state index in [1.807, 2.05) is 18.2 Å². The number of amides is 2. The molecular weight excluding hydrogens is 442 g/mol. The number of hydroxylamine groups is 2. The molecule has 0 aromatic heterocycles. The van der Waals surface area contributed by atoms with Crippen LogP contribution in [0.15, 0.2) is 57.9 Å². The maximum absolute atomic E-state index is 12.5. The largest absolute Gasteiger partial charge is 0.617 e. The molecule has 0 radical (unpaired) electrons. The summed E-state index contributed by atoms with van der Waals surface area (Å²) in [5.74, 6) is 0. The van der Waals surface area contributed by atoms with Crippen LogP contribution in [-0.2, 0) is 0 Å².